The number of rotatable bonds is 0. The van der Waals surface area contributed by atoms with E-state index in [0.29, 0.717) is 0 Å². The standard InChI is InChI=1S/C14H14O2/c1-8-6-9(2)13-12(7-8)10-4-3-5-11(10)14(15)16-13/h6-7H,3-5H2,1-2H3. The predicted molar refractivity (Wildman–Crippen MR) is 64.0 cm³/mol. The molecule has 1 aliphatic carbocycles. The van der Waals surface area contributed by atoms with Crippen LogP contribution in [-0.4, -0.2) is 0 Å². The minimum atomic E-state index is -0.132. The number of aryl methyl sites for hydroxylation is 3. The molecule has 2 aromatic rings. The molecule has 0 saturated carbocycles. The summed E-state index contributed by atoms with van der Waals surface area (Å²) in [5.41, 5.74) is 5.05. The Bertz CT molecular complexity index is 635. The van der Waals surface area contributed by atoms with Crippen molar-refractivity contribution in [2.45, 2.75) is 33.1 Å². The largest absolute Gasteiger partial charge is 0.422 e. The number of hydrogen-bond acceptors (Lipinski definition) is 2. The van der Waals surface area contributed by atoms with Crippen LogP contribution >= 0.6 is 0 Å². The van der Waals surface area contributed by atoms with Gasteiger partial charge in [-0.15, -0.1) is 0 Å². The Kier molecular flexibility index (Phi) is 1.93. The second kappa shape index (κ2) is 3.21. The molecule has 0 amide bonds. The van der Waals surface area contributed by atoms with E-state index in [0.717, 1.165) is 41.4 Å². The Balaban J connectivity index is 2.53. The maximum atomic E-state index is 11.8. The summed E-state index contributed by atoms with van der Waals surface area (Å²) < 4.78 is 5.43. The third-order valence-electron chi connectivity index (χ3n) is 3.40. The van der Waals surface area contributed by atoms with Gasteiger partial charge in [-0.3, -0.25) is 0 Å². The Labute approximate surface area is 93.9 Å². The van der Waals surface area contributed by atoms with Crippen molar-refractivity contribution in [2.24, 2.45) is 0 Å². The molecule has 2 heteroatoms. The van der Waals surface area contributed by atoms with E-state index in [1.54, 1.807) is 0 Å². The van der Waals surface area contributed by atoms with Crippen LogP contribution in [0, 0.1) is 13.8 Å². The normalized spacial score (nSPS) is 14.4. The molecule has 0 saturated heterocycles. The summed E-state index contributed by atoms with van der Waals surface area (Å²) in [6.07, 6.45) is 2.97. The molecule has 1 aliphatic rings. The van der Waals surface area contributed by atoms with Gasteiger partial charge >= 0.3 is 5.63 Å². The highest BCUT2D eigenvalue weighted by molar-refractivity contribution is 5.85. The lowest BCUT2D eigenvalue weighted by atomic mass is 10.0. The van der Waals surface area contributed by atoms with Crippen molar-refractivity contribution in [3.05, 3.63) is 44.8 Å². The molecular weight excluding hydrogens is 200 g/mol. The Morgan fingerprint density at radius 2 is 1.88 bits per heavy atom. The molecule has 0 N–H and O–H groups in total. The second-order valence-corrected chi connectivity index (χ2v) is 4.66. The zero-order valence-corrected chi connectivity index (χ0v) is 9.59. The molecule has 0 spiro atoms. The van der Waals surface area contributed by atoms with Crippen molar-refractivity contribution in [1.29, 1.82) is 0 Å². The predicted octanol–water partition coefficient (Wildman–Crippen LogP) is 2.90. The first-order valence-corrected chi connectivity index (χ1v) is 5.72. The van der Waals surface area contributed by atoms with Crippen LogP contribution in [0.15, 0.2) is 21.3 Å². The van der Waals surface area contributed by atoms with E-state index in [4.69, 9.17) is 4.42 Å². The van der Waals surface area contributed by atoms with Crippen LogP contribution in [0.25, 0.3) is 11.0 Å². The fraction of sp³-hybridized carbons (Fsp3) is 0.357. The molecule has 3 rings (SSSR count). The lowest BCUT2D eigenvalue weighted by molar-refractivity contribution is 0.550. The third-order valence-corrected chi connectivity index (χ3v) is 3.40. The molecule has 0 radical (unpaired) electrons. The fourth-order valence-electron chi connectivity index (χ4n) is 2.73. The van der Waals surface area contributed by atoms with Crippen molar-refractivity contribution in [3.63, 3.8) is 0 Å². The van der Waals surface area contributed by atoms with Gasteiger partial charge in [-0.1, -0.05) is 6.07 Å². The zero-order valence-electron chi connectivity index (χ0n) is 9.59. The molecule has 0 unspecified atom stereocenters. The average Bonchev–Trinajstić information content (AvgIpc) is 2.69. The third kappa shape index (κ3) is 1.22. The van der Waals surface area contributed by atoms with Gasteiger partial charge in [0.1, 0.15) is 5.58 Å². The second-order valence-electron chi connectivity index (χ2n) is 4.66. The van der Waals surface area contributed by atoms with Crippen molar-refractivity contribution in [2.75, 3.05) is 0 Å². The minimum Gasteiger partial charge on any atom is -0.422 e. The minimum absolute atomic E-state index is 0.132. The van der Waals surface area contributed by atoms with Crippen molar-refractivity contribution in [1.82, 2.24) is 0 Å². The highest BCUT2D eigenvalue weighted by Gasteiger charge is 2.20. The molecule has 0 fully saturated rings. The highest BCUT2D eigenvalue weighted by Crippen LogP contribution is 2.29. The monoisotopic (exact) mass is 214 g/mol. The summed E-state index contributed by atoms with van der Waals surface area (Å²) in [5.74, 6) is 0. The topological polar surface area (TPSA) is 30.2 Å². The van der Waals surface area contributed by atoms with Gasteiger partial charge in [-0.2, -0.15) is 0 Å². The Morgan fingerprint density at radius 1 is 1.12 bits per heavy atom. The Hall–Kier alpha value is -1.57. The van der Waals surface area contributed by atoms with E-state index in [1.807, 2.05) is 6.92 Å². The van der Waals surface area contributed by atoms with Crippen LogP contribution < -0.4 is 5.63 Å². The van der Waals surface area contributed by atoms with Gasteiger partial charge < -0.3 is 4.42 Å². The number of fused-ring (bicyclic) bond motifs is 3. The average molecular weight is 214 g/mol. The smallest absolute Gasteiger partial charge is 0.339 e. The highest BCUT2D eigenvalue weighted by atomic mass is 16.4. The first kappa shape index (κ1) is 9.64. The zero-order chi connectivity index (χ0) is 11.3. The maximum absolute atomic E-state index is 11.8. The van der Waals surface area contributed by atoms with Crippen molar-refractivity contribution < 1.29 is 4.42 Å². The van der Waals surface area contributed by atoms with Crippen LogP contribution in [0.3, 0.4) is 0 Å². The van der Waals surface area contributed by atoms with Crippen LogP contribution in [-0.2, 0) is 12.8 Å². The van der Waals surface area contributed by atoms with Gasteiger partial charge in [0, 0.05) is 10.9 Å². The number of hydrogen-bond donors (Lipinski definition) is 0. The van der Waals surface area contributed by atoms with Crippen LogP contribution in [0.4, 0.5) is 0 Å². The first-order chi connectivity index (χ1) is 7.66. The Morgan fingerprint density at radius 3 is 2.69 bits per heavy atom. The van der Waals surface area contributed by atoms with E-state index >= 15 is 0 Å². The van der Waals surface area contributed by atoms with Crippen LogP contribution in [0.2, 0.25) is 0 Å². The summed E-state index contributed by atoms with van der Waals surface area (Å²) in [6, 6.07) is 4.20. The lowest BCUT2D eigenvalue weighted by Gasteiger charge is -2.07. The molecular formula is C14H14O2. The summed E-state index contributed by atoms with van der Waals surface area (Å²) in [6.45, 7) is 4.08. The molecule has 16 heavy (non-hydrogen) atoms. The number of benzene rings is 1. The molecule has 0 atom stereocenters. The van der Waals surface area contributed by atoms with E-state index in [1.165, 1.54) is 11.1 Å². The van der Waals surface area contributed by atoms with Crippen LogP contribution in [0.5, 0.6) is 0 Å². The van der Waals surface area contributed by atoms with Gasteiger partial charge in [-0.25, -0.2) is 4.79 Å². The van der Waals surface area contributed by atoms with Gasteiger partial charge in [0.05, 0.1) is 0 Å². The molecule has 1 aromatic heterocycles. The van der Waals surface area contributed by atoms with E-state index in [2.05, 4.69) is 19.1 Å². The molecule has 1 aromatic carbocycles. The lowest BCUT2D eigenvalue weighted by Crippen LogP contribution is -2.07. The van der Waals surface area contributed by atoms with E-state index < -0.39 is 0 Å². The summed E-state index contributed by atoms with van der Waals surface area (Å²) in [4.78, 5) is 11.8. The first-order valence-electron chi connectivity index (χ1n) is 5.72. The summed E-state index contributed by atoms with van der Waals surface area (Å²) >= 11 is 0. The van der Waals surface area contributed by atoms with Gasteiger partial charge in [0.25, 0.3) is 0 Å². The van der Waals surface area contributed by atoms with Gasteiger partial charge in [-0.05, 0) is 55.9 Å². The molecule has 82 valence electrons. The molecule has 2 nitrogen and oxygen atoms in total. The van der Waals surface area contributed by atoms with E-state index in [-0.39, 0.29) is 5.63 Å². The maximum Gasteiger partial charge on any atom is 0.339 e. The quantitative estimate of drug-likeness (QED) is 0.631. The molecule has 0 aliphatic heterocycles. The summed E-state index contributed by atoms with van der Waals surface area (Å²) in [5, 5.41) is 1.14. The fourth-order valence-corrected chi connectivity index (χ4v) is 2.73. The molecule has 0 bridgehead atoms. The van der Waals surface area contributed by atoms with Crippen LogP contribution in [0.1, 0.15) is 28.7 Å². The van der Waals surface area contributed by atoms with E-state index in [9.17, 15) is 4.79 Å². The van der Waals surface area contributed by atoms with Gasteiger partial charge in [0.15, 0.2) is 0 Å². The van der Waals surface area contributed by atoms with Crippen molar-refractivity contribution >= 4 is 11.0 Å². The van der Waals surface area contributed by atoms with Gasteiger partial charge in [0.2, 0.25) is 0 Å². The SMILES string of the molecule is Cc1cc(C)c2oc(=O)c3c(c2c1)CCC3. The molecule has 1 heterocycles. The van der Waals surface area contributed by atoms with Crippen molar-refractivity contribution in [3.8, 4) is 0 Å². The summed E-state index contributed by atoms with van der Waals surface area (Å²) in [7, 11) is 0.